The number of nitrogens with one attached hydrogen (secondary N) is 1. The van der Waals surface area contributed by atoms with Gasteiger partial charge in [-0.05, 0) is 44.7 Å². The van der Waals surface area contributed by atoms with Gasteiger partial charge in [0.15, 0.2) is 0 Å². The Morgan fingerprint density at radius 3 is 2.64 bits per heavy atom. The standard InChI is InChI=1S/C19H24N4O2/c1-13-21-22-18-11-14(12-23(13)18)19(24)20-15-7-9-17(10-8-15)25-16-5-3-2-4-6-16/h2-6,14-15,17H,7-12H2,1H3,(H,20,24). The predicted molar refractivity (Wildman–Crippen MR) is 93.2 cm³/mol. The van der Waals surface area contributed by atoms with E-state index in [0.29, 0.717) is 13.0 Å². The highest BCUT2D eigenvalue weighted by atomic mass is 16.5. The van der Waals surface area contributed by atoms with Gasteiger partial charge < -0.3 is 14.6 Å². The lowest BCUT2D eigenvalue weighted by Crippen LogP contribution is -2.42. The van der Waals surface area contributed by atoms with E-state index in [1.54, 1.807) is 0 Å². The van der Waals surface area contributed by atoms with E-state index in [4.69, 9.17) is 4.74 Å². The van der Waals surface area contributed by atoms with Crippen LogP contribution in [0.1, 0.15) is 37.3 Å². The summed E-state index contributed by atoms with van der Waals surface area (Å²) in [5.41, 5.74) is 0. The third kappa shape index (κ3) is 3.52. The third-order valence-corrected chi connectivity index (χ3v) is 5.28. The Morgan fingerprint density at radius 2 is 1.92 bits per heavy atom. The minimum absolute atomic E-state index is 0.0116. The number of hydrogen-bond acceptors (Lipinski definition) is 4. The molecule has 1 atom stereocenters. The monoisotopic (exact) mass is 340 g/mol. The Bertz CT molecular complexity index is 735. The number of carbonyl (C=O) groups excluding carboxylic acids is 1. The molecule has 1 fully saturated rings. The van der Waals surface area contributed by atoms with Gasteiger partial charge in [0, 0.05) is 19.0 Å². The molecule has 6 nitrogen and oxygen atoms in total. The van der Waals surface area contributed by atoms with Crippen LogP contribution in [0.25, 0.3) is 0 Å². The first-order valence-electron chi connectivity index (χ1n) is 9.10. The van der Waals surface area contributed by atoms with Crippen molar-refractivity contribution in [1.29, 1.82) is 0 Å². The molecule has 1 aliphatic carbocycles. The third-order valence-electron chi connectivity index (χ3n) is 5.28. The Hall–Kier alpha value is -2.37. The molecule has 6 heteroatoms. The van der Waals surface area contributed by atoms with E-state index >= 15 is 0 Å². The number of rotatable bonds is 4. The van der Waals surface area contributed by atoms with Crippen molar-refractivity contribution in [2.24, 2.45) is 5.92 Å². The summed E-state index contributed by atoms with van der Waals surface area (Å²) in [5, 5.41) is 11.4. The molecule has 2 aromatic rings. The number of fused-ring (bicyclic) bond motifs is 1. The summed E-state index contributed by atoms with van der Waals surface area (Å²) >= 11 is 0. The minimum Gasteiger partial charge on any atom is -0.490 e. The molecular formula is C19H24N4O2. The van der Waals surface area contributed by atoms with Crippen molar-refractivity contribution in [2.45, 2.75) is 57.7 Å². The number of aryl methyl sites for hydroxylation is 1. The molecule has 1 aliphatic heterocycles. The number of carbonyl (C=O) groups is 1. The quantitative estimate of drug-likeness (QED) is 0.927. The van der Waals surface area contributed by atoms with Crippen LogP contribution in [0.2, 0.25) is 0 Å². The van der Waals surface area contributed by atoms with Crippen molar-refractivity contribution in [2.75, 3.05) is 0 Å². The first-order valence-corrected chi connectivity index (χ1v) is 9.10. The van der Waals surface area contributed by atoms with Crippen LogP contribution in [0.15, 0.2) is 30.3 Å². The van der Waals surface area contributed by atoms with Crippen molar-refractivity contribution in [3.05, 3.63) is 42.0 Å². The fourth-order valence-electron chi connectivity index (χ4n) is 3.83. The van der Waals surface area contributed by atoms with E-state index in [9.17, 15) is 4.79 Å². The summed E-state index contributed by atoms with van der Waals surface area (Å²) < 4.78 is 8.07. The molecule has 0 spiro atoms. The van der Waals surface area contributed by atoms with Crippen LogP contribution in [0, 0.1) is 12.8 Å². The molecule has 4 rings (SSSR count). The Balaban J connectivity index is 1.24. The van der Waals surface area contributed by atoms with Crippen LogP contribution in [-0.2, 0) is 17.8 Å². The molecule has 1 N–H and O–H groups in total. The van der Waals surface area contributed by atoms with Gasteiger partial charge in [0.1, 0.15) is 17.4 Å². The van der Waals surface area contributed by atoms with Crippen molar-refractivity contribution in [3.63, 3.8) is 0 Å². The zero-order valence-corrected chi connectivity index (χ0v) is 14.5. The number of nitrogens with zero attached hydrogens (tertiary/aromatic N) is 3. The van der Waals surface area contributed by atoms with E-state index in [2.05, 4.69) is 20.1 Å². The van der Waals surface area contributed by atoms with Crippen molar-refractivity contribution < 1.29 is 9.53 Å². The van der Waals surface area contributed by atoms with Gasteiger partial charge >= 0.3 is 0 Å². The smallest absolute Gasteiger partial charge is 0.225 e. The topological polar surface area (TPSA) is 69.0 Å². The van der Waals surface area contributed by atoms with Crippen LogP contribution in [0.5, 0.6) is 5.75 Å². The summed E-state index contributed by atoms with van der Waals surface area (Å²) in [7, 11) is 0. The van der Waals surface area contributed by atoms with Gasteiger partial charge in [0.25, 0.3) is 0 Å². The molecule has 2 heterocycles. The van der Waals surface area contributed by atoms with Crippen LogP contribution >= 0.6 is 0 Å². The first-order chi connectivity index (χ1) is 12.2. The second kappa shape index (κ2) is 6.86. The van der Waals surface area contributed by atoms with E-state index in [0.717, 1.165) is 43.1 Å². The molecule has 132 valence electrons. The zero-order valence-electron chi connectivity index (χ0n) is 14.5. The fraction of sp³-hybridized carbons (Fsp3) is 0.526. The van der Waals surface area contributed by atoms with Gasteiger partial charge in [-0.3, -0.25) is 4.79 Å². The molecular weight excluding hydrogens is 316 g/mol. The van der Waals surface area contributed by atoms with Crippen molar-refractivity contribution in [1.82, 2.24) is 20.1 Å². The molecule has 1 aromatic heterocycles. The Kier molecular flexibility index (Phi) is 4.42. The maximum absolute atomic E-state index is 12.6. The number of para-hydroxylation sites is 1. The van der Waals surface area contributed by atoms with Gasteiger partial charge in [-0.25, -0.2) is 0 Å². The largest absolute Gasteiger partial charge is 0.490 e. The van der Waals surface area contributed by atoms with Gasteiger partial charge in [-0.15, -0.1) is 10.2 Å². The molecule has 0 bridgehead atoms. The van der Waals surface area contributed by atoms with Crippen LogP contribution in [0.4, 0.5) is 0 Å². The van der Waals surface area contributed by atoms with E-state index < -0.39 is 0 Å². The predicted octanol–water partition coefficient (Wildman–Crippen LogP) is 2.27. The molecule has 1 unspecified atom stereocenters. The maximum atomic E-state index is 12.6. The summed E-state index contributed by atoms with van der Waals surface area (Å²) in [4.78, 5) is 12.6. The molecule has 0 radical (unpaired) electrons. The van der Waals surface area contributed by atoms with Crippen LogP contribution < -0.4 is 10.1 Å². The Morgan fingerprint density at radius 1 is 1.16 bits per heavy atom. The van der Waals surface area contributed by atoms with Crippen molar-refractivity contribution in [3.8, 4) is 5.75 Å². The lowest BCUT2D eigenvalue weighted by Gasteiger charge is -2.30. The fourth-order valence-corrected chi connectivity index (χ4v) is 3.83. The molecule has 1 saturated carbocycles. The number of amides is 1. The summed E-state index contributed by atoms with van der Waals surface area (Å²) in [6.07, 6.45) is 4.85. The lowest BCUT2D eigenvalue weighted by atomic mass is 9.92. The summed E-state index contributed by atoms with van der Waals surface area (Å²) in [6.45, 7) is 2.64. The van der Waals surface area contributed by atoms with Gasteiger partial charge in [0.05, 0.1) is 12.0 Å². The highest BCUT2D eigenvalue weighted by Gasteiger charge is 2.32. The zero-order chi connectivity index (χ0) is 17.2. The molecule has 25 heavy (non-hydrogen) atoms. The number of benzene rings is 1. The molecule has 0 saturated heterocycles. The second-order valence-corrected chi connectivity index (χ2v) is 7.09. The molecule has 1 amide bonds. The normalized spacial score (nSPS) is 25.4. The molecule has 1 aromatic carbocycles. The molecule has 2 aliphatic rings. The van der Waals surface area contributed by atoms with Gasteiger partial charge in [-0.1, -0.05) is 18.2 Å². The number of aromatic nitrogens is 3. The van der Waals surface area contributed by atoms with Crippen LogP contribution in [-0.4, -0.2) is 32.8 Å². The van der Waals surface area contributed by atoms with Crippen LogP contribution in [0.3, 0.4) is 0 Å². The summed E-state index contributed by atoms with van der Waals surface area (Å²) in [5.74, 6) is 2.89. The minimum atomic E-state index is -0.0116. The Labute approximate surface area is 147 Å². The average Bonchev–Trinajstić information content (AvgIpc) is 3.20. The lowest BCUT2D eigenvalue weighted by molar-refractivity contribution is -0.126. The second-order valence-electron chi connectivity index (χ2n) is 7.09. The first kappa shape index (κ1) is 16.1. The van der Waals surface area contributed by atoms with Gasteiger partial charge in [0.2, 0.25) is 5.91 Å². The van der Waals surface area contributed by atoms with E-state index in [-0.39, 0.29) is 24.0 Å². The summed E-state index contributed by atoms with van der Waals surface area (Å²) in [6, 6.07) is 10.2. The van der Waals surface area contributed by atoms with Crippen molar-refractivity contribution >= 4 is 5.91 Å². The van der Waals surface area contributed by atoms with E-state index in [1.807, 2.05) is 37.3 Å². The van der Waals surface area contributed by atoms with E-state index in [1.165, 1.54) is 0 Å². The highest BCUT2D eigenvalue weighted by molar-refractivity contribution is 5.79. The SMILES string of the molecule is Cc1nnc2n1CC(C(=O)NC1CCC(Oc3ccccc3)CC1)C2. The van der Waals surface area contributed by atoms with Gasteiger partial charge in [-0.2, -0.15) is 0 Å². The number of ether oxygens (including phenoxy) is 1. The average molecular weight is 340 g/mol. The highest BCUT2D eigenvalue weighted by Crippen LogP contribution is 2.25. The number of hydrogen-bond donors (Lipinski definition) is 1. The maximum Gasteiger partial charge on any atom is 0.225 e.